The Balaban J connectivity index is 0.00000121. The maximum Gasteiger partial charge on any atom is 0.125 e. The summed E-state index contributed by atoms with van der Waals surface area (Å²) in [6.07, 6.45) is 0. The highest BCUT2D eigenvalue weighted by molar-refractivity contribution is 5.85. The second-order valence-corrected chi connectivity index (χ2v) is 2.93. The Labute approximate surface area is 78.2 Å². The largest absolute Gasteiger partial charge is 0.398 e. The van der Waals surface area contributed by atoms with Gasteiger partial charge in [-0.2, -0.15) is 0 Å². The third-order valence-electron chi connectivity index (χ3n) is 1.67. The smallest absolute Gasteiger partial charge is 0.125 e. The third kappa shape index (κ3) is 2.38. The monoisotopic (exact) mass is 189 g/mol. The van der Waals surface area contributed by atoms with E-state index < -0.39 is 0 Å². The van der Waals surface area contributed by atoms with Crippen molar-refractivity contribution in [3.8, 4) is 0 Å². The third-order valence-corrected chi connectivity index (χ3v) is 1.67. The van der Waals surface area contributed by atoms with Crippen molar-refractivity contribution >= 4 is 18.1 Å². The summed E-state index contributed by atoms with van der Waals surface area (Å²) < 4.78 is 12.5. The number of nitrogens with two attached hydrogens (primary N) is 1. The molecule has 2 N–H and O–H groups in total. The molecule has 0 saturated heterocycles. The van der Waals surface area contributed by atoms with Crippen LogP contribution in [0.25, 0.3) is 0 Å². The Morgan fingerprint density at radius 1 is 1.33 bits per heavy atom. The van der Waals surface area contributed by atoms with Gasteiger partial charge in [0.05, 0.1) is 0 Å². The fourth-order valence-corrected chi connectivity index (χ4v) is 1.07. The van der Waals surface area contributed by atoms with E-state index in [1.807, 2.05) is 13.8 Å². The van der Waals surface area contributed by atoms with E-state index in [1.54, 1.807) is 6.07 Å². The predicted octanol–water partition coefficient (Wildman–Crippen LogP) is 2.95. The molecule has 0 aliphatic heterocycles. The van der Waals surface area contributed by atoms with Gasteiger partial charge in [-0.05, 0) is 23.6 Å². The van der Waals surface area contributed by atoms with Crippen molar-refractivity contribution in [3.63, 3.8) is 0 Å². The molecule has 68 valence electrons. The van der Waals surface area contributed by atoms with Crippen molar-refractivity contribution in [3.05, 3.63) is 29.6 Å². The van der Waals surface area contributed by atoms with Crippen LogP contribution >= 0.6 is 12.4 Å². The van der Waals surface area contributed by atoms with Gasteiger partial charge in [0.15, 0.2) is 0 Å². The number of hydrogen-bond donors (Lipinski definition) is 1. The zero-order chi connectivity index (χ0) is 8.43. The first kappa shape index (κ1) is 11.2. The van der Waals surface area contributed by atoms with E-state index in [9.17, 15) is 4.39 Å². The number of anilines is 1. The van der Waals surface area contributed by atoms with E-state index in [2.05, 4.69) is 0 Å². The molecule has 0 atom stereocenters. The Bertz CT molecular complexity index is 261. The summed E-state index contributed by atoms with van der Waals surface area (Å²) >= 11 is 0. The summed E-state index contributed by atoms with van der Waals surface area (Å²) in [7, 11) is 0. The molecule has 12 heavy (non-hydrogen) atoms. The zero-order valence-electron chi connectivity index (χ0n) is 7.17. The quantitative estimate of drug-likeness (QED) is 0.676. The highest BCUT2D eigenvalue weighted by atomic mass is 35.5. The van der Waals surface area contributed by atoms with Gasteiger partial charge >= 0.3 is 0 Å². The number of benzene rings is 1. The summed E-state index contributed by atoms with van der Waals surface area (Å²) in [5, 5.41) is 0. The molecule has 1 nitrogen and oxygen atoms in total. The van der Waals surface area contributed by atoms with Gasteiger partial charge < -0.3 is 5.73 Å². The molecule has 0 aliphatic rings. The van der Waals surface area contributed by atoms with E-state index in [0.717, 1.165) is 5.56 Å². The maximum absolute atomic E-state index is 12.5. The lowest BCUT2D eigenvalue weighted by Gasteiger charge is -2.07. The van der Waals surface area contributed by atoms with E-state index >= 15 is 0 Å². The molecule has 0 amide bonds. The summed E-state index contributed by atoms with van der Waals surface area (Å²) in [5.74, 6) is 0.0856. The van der Waals surface area contributed by atoms with Gasteiger partial charge in [-0.3, -0.25) is 0 Å². The number of nitrogen functional groups attached to an aromatic ring is 1. The molecule has 0 aromatic heterocycles. The molecule has 1 aromatic carbocycles. The van der Waals surface area contributed by atoms with E-state index in [-0.39, 0.29) is 18.2 Å². The maximum atomic E-state index is 12.5. The average Bonchev–Trinajstić information content (AvgIpc) is 1.85. The molecule has 0 saturated carbocycles. The van der Waals surface area contributed by atoms with Crippen LogP contribution < -0.4 is 5.73 Å². The van der Waals surface area contributed by atoms with Crippen molar-refractivity contribution < 1.29 is 4.39 Å². The van der Waals surface area contributed by atoms with Crippen LogP contribution in [0, 0.1) is 5.82 Å². The van der Waals surface area contributed by atoms with E-state index in [1.165, 1.54) is 12.1 Å². The molecule has 1 rings (SSSR count). The van der Waals surface area contributed by atoms with Gasteiger partial charge in [0.1, 0.15) is 5.82 Å². The minimum Gasteiger partial charge on any atom is -0.398 e. The first-order chi connectivity index (χ1) is 5.11. The van der Waals surface area contributed by atoms with Crippen LogP contribution in [-0.4, -0.2) is 0 Å². The normalized spacial score (nSPS) is 9.67. The first-order valence-electron chi connectivity index (χ1n) is 3.66. The van der Waals surface area contributed by atoms with Gasteiger partial charge in [0, 0.05) is 5.69 Å². The number of halogens is 2. The van der Waals surface area contributed by atoms with Crippen LogP contribution in [0.15, 0.2) is 18.2 Å². The molecule has 0 heterocycles. The number of rotatable bonds is 1. The van der Waals surface area contributed by atoms with Crippen molar-refractivity contribution in [2.75, 3.05) is 5.73 Å². The van der Waals surface area contributed by atoms with Gasteiger partial charge in [-0.25, -0.2) is 4.39 Å². The Hall–Kier alpha value is -0.760. The van der Waals surface area contributed by atoms with Crippen LogP contribution in [0.2, 0.25) is 0 Å². The standard InChI is InChI=1S/C9H12FN.ClH/c1-6(2)8-4-3-7(10)5-9(8)11;/h3-6H,11H2,1-2H3;1H. The van der Waals surface area contributed by atoms with Gasteiger partial charge in [-0.15, -0.1) is 12.4 Å². The summed E-state index contributed by atoms with van der Waals surface area (Å²) in [5.41, 5.74) is 7.13. The molecule has 0 spiro atoms. The molecule has 3 heteroatoms. The van der Waals surface area contributed by atoms with Crippen LogP contribution in [-0.2, 0) is 0 Å². The predicted molar refractivity (Wildman–Crippen MR) is 52.1 cm³/mol. The Kier molecular flexibility index (Phi) is 4.04. The molecule has 0 fully saturated rings. The highest BCUT2D eigenvalue weighted by Gasteiger charge is 2.03. The van der Waals surface area contributed by atoms with Crippen LogP contribution in [0.3, 0.4) is 0 Å². The summed E-state index contributed by atoms with van der Waals surface area (Å²) in [6, 6.07) is 4.52. The van der Waals surface area contributed by atoms with Gasteiger partial charge in [0.25, 0.3) is 0 Å². The minimum atomic E-state index is -0.271. The zero-order valence-corrected chi connectivity index (χ0v) is 7.99. The lowest BCUT2D eigenvalue weighted by Crippen LogP contribution is -1.96. The average molecular weight is 190 g/mol. The Morgan fingerprint density at radius 3 is 2.33 bits per heavy atom. The molecule has 1 aromatic rings. The molecule has 0 aliphatic carbocycles. The molecular formula is C9H13ClFN. The molecule has 0 unspecified atom stereocenters. The van der Waals surface area contributed by atoms with Crippen LogP contribution in [0.5, 0.6) is 0 Å². The van der Waals surface area contributed by atoms with Crippen molar-refractivity contribution in [2.45, 2.75) is 19.8 Å². The number of hydrogen-bond acceptors (Lipinski definition) is 1. The van der Waals surface area contributed by atoms with Crippen LogP contribution in [0.4, 0.5) is 10.1 Å². The Morgan fingerprint density at radius 2 is 1.92 bits per heavy atom. The fraction of sp³-hybridized carbons (Fsp3) is 0.333. The topological polar surface area (TPSA) is 26.0 Å². The molecule has 0 bridgehead atoms. The van der Waals surface area contributed by atoms with Gasteiger partial charge in [-0.1, -0.05) is 19.9 Å². The highest BCUT2D eigenvalue weighted by Crippen LogP contribution is 2.21. The lowest BCUT2D eigenvalue weighted by atomic mass is 10.0. The van der Waals surface area contributed by atoms with Crippen molar-refractivity contribution in [2.24, 2.45) is 0 Å². The summed E-state index contributed by atoms with van der Waals surface area (Å²) in [6.45, 7) is 4.06. The van der Waals surface area contributed by atoms with Crippen molar-refractivity contribution in [1.82, 2.24) is 0 Å². The van der Waals surface area contributed by atoms with Gasteiger partial charge in [0.2, 0.25) is 0 Å². The van der Waals surface area contributed by atoms with E-state index in [4.69, 9.17) is 5.73 Å². The second-order valence-electron chi connectivity index (χ2n) is 2.93. The second kappa shape index (κ2) is 4.31. The van der Waals surface area contributed by atoms with Crippen molar-refractivity contribution in [1.29, 1.82) is 0 Å². The van der Waals surface area contributed by atoms with E-state index in [0.29, 0.717) is 11.6 Å². The SMILES string of the molecule is CC(C)c1ccc(F)cc1N.Cl. The first-order valence-corrected chi connectivity index (χ1v) is 3.66. The fourth-order valence-electron chi connectivity index (χ4n) is 1.07. The molecule has 0 radical (unpaired) electrons. The minimum absolute atomic E-state index is 0. The lowest BCUT2D eigenvalue weighted by molar-refractivity contribution is 0.627. The molecular weight excluding hydrogens is 177 g/mol. The van der Waals surface area contributed by atoms with Crippen LogP contribution in [0.1, 0.15) is 25.3 Å². The summed E-state index contributed by atoms with van der Waals surface area (Å²) in [4.78, 5) is 0.